The number of likely N-dealkylation sites (tertiary alicyclic amines) is 1. The lowest BCUT2D eigenvalue weighted by Crippen LogP contribution is -2.45. The van der Waals surface area contributed by atoms with E-state index in [2.05, 4.69) is 20.4 Å². The van der Waals surface area contributed by atoms with Gasteiger partial charge in [0.15, 0.2) is 0 Å². The maximum absolute atomic E-state index is 6.55. The number of aryl methyl sites for hydroxylation is 1. The minimum atomic E-state index is 0.00743. The maximum Gasteiger partial charge on any atom is 0.133 e. The first-order valence-corrected chi connectivity index (χ1v) is 9.18. The molecule has 134 valence electrons. The average molecular weight is 342 g/mol. The molecule has 4 heterocycles. The maximum atomic E-state index is 6.55. The molecule has 25 heavy (non-hydrogen) atoms. The van der Waals surface area contributed by atoms with Crippen LogP contribution in [0, 0.1) is 6.92 Å². The Kier molecular flexibility index (Phi) is 4.72. The van der Waals surface area contributed by atoms with Crippen LogP contribution in [0.25, 0.3) is 0 Å². The van der Waals surface area contributed by atoms with E-state index >= 15 is 0 Å². The normalized spacial score (nSPS) is 27.0. The van der Waals surface area contributed by atoms with Crippen molar-refractivity contribution in [2.75, 3.05) is 25.0 Å². The monoisotopic (exact) mass is 342 g/mol. The SMILES string of the molecule is Cc1cc(CN2CC[C@]3(CCC[C@@H](CNc4ccccn4)O3)C2)no1. The highest BCUT2D eigenvalue weighted by molar-refractivity contribution is 5.33. The number of nitrogens with one attached hydrogen (secondary N) is 1. The van der Waals surface area contributed by atoms with Crippen LogP contribution in [-0.4, -0.2) is 46.4 Å². The van der Waals surface area contributed by atoms with Gasteiger partial charge < -0.3 is 14.6 Å². The summed E-state index contributed by atoms with van der Waals surface area (Å²) in [5, 5.41) is 7.52. The number of anilines is 1. The van der Waals surface area contributed by atoms with Crippen LogP contribution in [-0.2, 0) is 11.3 Å². The largest absolute Gasteiger partial charge is 0.369 e. The lowest BCUT2D eigenvalue weighted by atomic mass is 9.90. The molecule has 2 aromatic heterocycles. The Morgan fingerprint density at radius 2 is 2.32 bits per heavy atom. The highest BCUT2D eigenvalue weighted by Crippen LogP contribution is 2.37. The third-order valence-electron chi connectivity index (χ3n) is 5.21. The molecule has 0 radical (unpaired) electrons. The lowest BCUT2D eigenvalue weighted by molar-refractivity contribution is -0.115. The molecule has 6 nitrogen and oxygen atoms in total. The minimum absolute atomic E-state index is 0.00743. The zero-order chi connectivity index (χ0) is 17.1. The van der Waals surface area contributed by atoms with Crippen molar-refractivity contribution in [3.63, 3.8) is 0 Å². The van der Waals surface area contributed by atoms with Gasteiger partial charge in [0.25, 0.3) is 0 Å². The molecule has 0 saturated carbocycles. The Labute approximate surface area is 148 Å². The van der Waals surface area contributed by atoms with Crippen LogP contribution in [0.3, 0.4) is 0 Å². The number of ether oxygens (including phenoxy) is 1. The van der Waals surface area contributed by atoms with Crippen molar-refractivity contribution in [3.05, 3.63) is 41.9 Å². The Morgan fingerprint density at radius 1 is 1.36 bits per heavy atom. The number of hydrogen-bond acceptors (Lipinski definition) is 6. The summed E-state index contributed by atoms with van der Waals surface area (Å²) in [7, 11) is 0. The van der Waals surface area contributed by atoms with Crippen LogP contribution in [0.5, 0.6) is 0 Å². The molecular formula is C19H26N4O2. The van der Waals surface area contributed by atoms with Gasteiger partial charge in [0, 0.05) is 38.4 Å². The molecule has 2 fully saturated rings. The molecule has 0 bridgehead atoms. The van der Waals surface area contributed by atoms with Gasteiger partial charge in [-0.25, -0.2) is 4.98 Å². The first-order chi connectivity index (χ1) is 12.2. The Morgan fingerprint density at radius 3 is 3.12 bits per heavy atom. The number of pyridine rings is 1. The van der Waals surface area contributed by atoms with E-state index in [1.165, 1.54) is 6.42 Å². The lowest BCUT2D eigenvalue weighted by Gasteiger charge is -2.39. The third-order valence-corrected chi connectivity index (χ3v) is 5.21. The topological polar surface area (TPSA) is 63.4 Å². The molecule has 2 aliphatic heterocycles. The molecule has 2 saturated heterocycles. The van der Waals surface area contributed by atoms with Crippen molar-refractivity contribution in [1.29, 1.82) is 0 Å². The highest BCUT2D eigenvalue weighted by atomic mass is 16.5. The number of hydrogen-bond donors (Lipinski definition) is 1. The molecule has 0 amide bonds. The number of rotatable bonds is 5. The smallest absolute Gasteiger partial charge is 0.133 e. The minimum Gasteiger partial charge on any atom is -0.369 e. The van der Waals surface area contributed by atoms with Gasteiger partial charge in [0.05, 0.1) is 17.4 Å². The Hall–Kier alpha value is -1.92. The molecule has 1 N–H and O–H groups in total. The van der Waals surface area contributed by atoms with Crippen molar-refractivity contribution in [2.24, 2.45) is 0 Å². The molecule has 0 aromatic carbocycles. The summed E-state index contributed by atoms with van der Waals surface area (Å²) in [4.78, 5) is 6.76. The van der Waals surface area contributed by atoms with Gasteiger partial charge in [-0.1, -0.05) is 11.2 Å². The number of aromatic nitrogens is 2. The highest BCUT2D eigenvalue weighted by Gasteiger charge is 2.42. The van der Waals surface area contributed by atoms with Gasteiger partial charge >= 0.3 is 0 Å². The fraction of sp³-hybridized carbons (Fsp3) is 0.579. The Balaban J connectivity index is 1.31. The Bertz CT molecular complexity index is 690. The molecule has 2 atom stereocenters. The van der Waals surface area contributed by atoms with Crippen LogP contribution < -0.4 is 5.32 Å². The quantitative estimate of drug-likeness (QED) is 0.901. The third kappa shape index (κ3) is 4.02. The fourth-order valence-corrected chi connectivity index (χ4v) is 4.04. The molecule has 2 aromatic rings. The average Bonchev–Trinajstić information content (AvgIpc) is 3.21. The first kappa shape index (κ1) is 16.5. The van der Waals surface area contributed by atoms with E-state index in [9.17, 15) is 0 Å². The van der Waals surface area contributed by atoms with Crippen molar-refractivity contribution < 1.29 is 9.26 Å². The van der Waals surface area contributed by atoms with Crippen LogP contribution in [0.2, 0.25) is 0 Å². The van der Waals surface area contributed by atoms with E-state index in [1.807, 2.05) is 37.4 Å². The second-order valence-corrected chi connectivity index (χ2v) is 7.30. The van der Waals surface area contributed by atoms with Gasteiger partial charge in [-0.2, -0.15) is 0 Å². The summed E-state index contributed by atoms with van der Waals surface area (Å²) in [6, 6.07) is 7.95. The van der Waals surface area contributed by atoms with Gasteiger partial charge in [0.2, 0.25) is 0 Å². The predicted octanol–water partition coefficient (Wildman–Crippen LogP) is 3.00. The van der Waals surface area contributed by atoms with E-state index in [0.29, 0.717) is 0 Å². The van der Waals surface area contributed by atoms with Crippen LogP contribution in [0.1, 0.15) is 37.1 Å². The molecule has 4 rings (SSSR count). The summed E-state index contributed by atoms with van der Waals surface area (Å²) in [5.74, 6) is 1.79. The number of nitrogens with zero attached hydrogens (tertiary/aromatic N) is 3. The second-order valence-electron chi connectivity index (χ2n) is 7.30. The molecule has 0 aliphatic carbocycles. The molecular weight excluding hydrogens is 316 g/mol. The van der Waals surface area contributed by atoms with Gasteiger partial charge in [-0.3, -0.25) is 4.90 Å². The van der Waals surface area contributed by atoms with Crippen molar-refractivity contribution in [2.45, 2.75) is 50.9 Å². The van der Waals surface area contributed by atoms with Crippen molar-refractivity contribution in [1.82, 2.24) is 15.0 Å². The standard InChI is InChI=1S/C19H26N4O2/c1-15-11-16(22-25-15)13-23-10-8-19(14-23)7-4-5-17(24-19)12-21-18-6-2-3-9-20-18/h2-3,6,9,11,17H,4-5,7-8,10,12-14H2,1H3,(H,20,21)/t17-,19+/m0/s1. The van der Waals surface area contributed by atoms with Crippen LogP contribution >= 0.6 is 0 Å². The molecule has 6 heteroatoms. The fourth-order valence-electron chi connectivity index (χ4n) is 4.04. The zero-order valence-electron chi connectivity index (χ0n) is 14.8. The summed E-state index contributed by atoms with van der Waals surface area (Å²) in [5.41, 5.74) is 1.02. The molecule has 2 aliphatic rings. The van der Waals surface area contributed by atoms with Crippen LogP contribution in [0.4, 0.5) is 5.82 Å². The summed E-state index contributed by atoms with van der Waals surface area (Å²) >= 11 is 0. The van der Waals surface area contributed by atoms with Crippen molar-refractivity contribution in [3.8, 4) is 0 Å². The molecule has 1 spiro atoms. The zero-order valence-corrected chi connectivity index (χ0v) is 14.8. The van der Waals surface area contributed by atoms with E-state index in [0.717, 1.165) is 62.7 Å². The van der Waals surface area contributed by atoms with Crippen molar-refractivity contribution >= 4 is 5.82 Å². The second kappa shape index (κ2) is 7.14. The summed E-state index contributed by atoms with van der Waals surface area (Å²) < 4.78 is 11.7. The van der Waals surface area contributed by atoms with E-state index in [1.54, 1.807) is 0 Å². The van der Waals surface area contributed by atoms with E-state index in [-0.39, 0.29) is 11.7 Å². The predicted molar refractivity (Wildman–Crippen MR) is 95.3 cm³/mol. The first-order valence-electron chi connectivity index (χ1n) is 9.18. The van der Waals surface area contributed by atoms with Gasteiger partial charge in [0.1, 0.15) is 11.6 Å². The van der Waals surface area contributed by atoms with Gasteiger partial charge in [-0.05, 0) is 44.7 Å². The summed E-state index contributed by atoms with van der Waals surface area (Å²) in [6.45, 7) is 5.65. The van der Waals surface area contributed by atoms with Gasteiger partial charge in [-0.15, -0.1) is 0 Å². The van der Waals surface area contributed by atoms with E-state index < -0.39 is 0 Å². The van der Waals surface area contributed by atoms with E-state index in [4.69, 9.17) is 9.26 Å². The van der Waals surface area contributed by atoms with Crippen LogP contribution in [0.15, 0.2) is 35.0 Å². The molecule has 0 unspecified atom stereocenters. The summed E-state index contributed by atoms with van der Waals surface area (Å²) in [6.07, 6.45) is 6.66.